The number of urea groups is 2. The summed E-state index contributed by atoms with van der Waals surface area (Å²) < 4.78 is 0. The number of hydrogen-bond donors (Lipinski definition) is 4. The molecule has 0 spiro atoms. The van der Waals surface area contributed by atoms with E-state index in [1.54, 1.807) is 6.07 Å². The summed E-state index contributed by atoms with van der Waals surface area (Å²) in [4.78, 5) is 24.9. The number of carbonyl (C=O) groups excluding carboxylic acids is 2. The highest BCUT2D eigenvalue weighted by Gasteiger charge is 2.27. The fourth-order valence-electron chi connectivity index (χ4n) is 4.81. The van der Waals surface area contributed by atoms with Gasteiger partial charge < -0.3 is 21.3 Å². The van der Waals surface area contributed by atoms with Crippen LogP contribution in [0.4, 0.5) is 21.0 Å². The van der Waals surface area contributed by atoms with E-state index < -0.39 is 0 Å². The lowest BCUT2D eigenvalue weighted by Crippen LogP contribution is -2.45. The summed E-state index contributed by atoms with van der Waals surface area (Å²) in [6.45, 7) is 8.89. The third-order valence-electron chi connectivity index (χ3n) is 6.93. The number of amides is 4. The monoisotopic (exact) mass is 414 g/mol. The van der Waals surface area contributed by atoms with Crippen LogP contribution in [0, 0.1) is 23.7 Å². The van der Waals surface area contributed by atoms with E-state index in [1.807, 2.05) is 18.2 Å². The second-order valence-corrected chi connectivity index (χ2v) is 9.78. The molecule has 0 bridgehead atoms. The van der Waals surface area contributed by atoms with Gasteiger partial charge in [-0.2, -0.15) is 0 Å². The third kappa shape index (κ3) is 6.38. The number of hydrogen-bond acceptors (Lipinski definition) is 2. The first-order valence-electron chi connectivity index (χ1n) is 11.5. The van der Waals surface area contributed by atoms with Gasteiger partial charge in [0.25, 0.3) is 0 Å². The standard InChI is InChI=1S/C24H38N4O2/c1-15-8-10-17(3)21(12-15)27-23(29)25-19-6-5-7-20(14-19)26-24(30)28-22-13-16(2)9-11-18(22)4/h5-7,14-18,21-22H,8-13H2,1-4H3,(H2,25,27,29)(H2,26,28,30)/t15-,16-,17-,18-,21-,22+/m0/s1. The topological polar surface area (TPSA) is 82.3 Å². The van der Waals surface area contributed by atoms with Crippen LogP contribution in [0.25, 0.3) is 0 Å². The van der Waals surface area contributed by atoms with E-state index in [2.05, 4.69) is 49.0 Å². The summed E-state index contributed by atoms with van der Waals surface area (Å²) in [5.41, 5.74) is 1.34. The van der Waals surface area contributed by atoms with Gasteiger partial charge in [-0.25, -0.2) is 9.59 Å². The predicted molar refractivity (Wildman–Crippen MR) is 123 cm³/mol. The van der Waals surface area contributed by atoms with Gasteiger partial charge in [0.1, 0.15) is 0 Å². The van der Waals surface area contributed by atoms with Crippen molar-refractivity contribution in [3.05, 3.63) is 24.3 Å². The molecule has 6 heteroatoms. The molecule has 0 unspecified atom stereocenters. The van der Waals surface area contributed by atoms with Crippen molar-refractivity contribution >= 4 is 23.4 Å². The van der Waals surface area contributed by atoms with Crippen molar-refractivity contribution in [1.82, 2.24) is 10.6 Å². The van der Waals surface area contributed by atoms with Gasteiger partial charge >= 0.3 is 12.1 Å². The summed E-state index contributed by atoms with van der Waals surface area (Å²) in [5.74, 6) is 2.28. The molecule has 4 amide bonds. The molecule has 1 aromatic carbocycles. The van der Waals surface area contributed by atoms with Crippen molar-refractivity contribution in [2.45, 2.75) is 78.3 Å². The average Bonchev–Trinajstić information content (AvgIpc) is 2.68. The summed E-state index contributed by atoms with van der Waals surface area (Å²) in [6, 6.07) is 7.34. The molecular weight excluding hydrogens is 376 g/mol. The third-order valence-corrected chi connectivity index (χ3v) is 6.93. The Labute approximate surface area is 181 Å². The van der Waals surface area contributed by atoms with E-state index in [1.165, 1.54) is 12.8 Å². The van der Waals surface area contributed by atoms with E-state index in [0.29, 0.717) is 35.0 Å². The van der Waals surface area contributed by atoms with Gasteiger partial charge in [-0.1, -0.05) is 46.6 Å². The van der Waals surface area contributed by atoms with Crippen molar-refractivity contribution in [1.29, 1.82) is 0 Å². The quantitative estimate of drug-likeness (QED) is 0.519. The zero-order valence-electron chi connectivity index (χ0n) is 18.8. The second kappa shape index (κ2) is 10.2. The van der Waals surface area contributed by atoms with Gasteiger partial charge in [-0.05, 0) is 67.6 Å². The lowest BCUT2D eigenvalue weighted by Gasteiger charge is -2.33. The molecule has 2 saturated carbocycles. The zero-order chi connectivity index (χ0) is 21.7. The fourth-order valence-corrected chi connectivity index (χ4v) is 4.81. The summed E-state index contributed by atoms with van der Waals surface area (Å²) in [5, 5.41) is 12.1. The van der Waals surface area contributed by atoms with E-state index >= 15 is 0 Å². The van der Waals surface area contributed by atoms with E-state index in [4.69, 9.17) is 0 Å². The van der Waals surface area contributed by atoms with Crippen molar-refractivity contribution < 1.29 is 9.59 Å². The van der Waals surface area contributed by atoms with Gasteiger partial charge in [0.05, 0.1) is 0 Å². The molecule has 0 aliphatic heterocycles. The summed E-state index contributed by atoms with van der Waals surface area (Å²) in [6.07, 6.45) is 6.81. The molecule has 3 rings (SSSR count). The lowest BCUT2D eigenvalue weighted by molar-refractivity contribution is 0.214. The highest BCUT2D eigenvalue weighted by molar-refractivity contribution is 5.93. The SMILES string of the molecule is C[C@H]1CC[C@H](C)[C@@H](NC(=O)Nc2cccc(NC(=O)N[C@@H]3C[C@@H](C)CC[C@@H]3C)c2)C1. The second-order valence-electron chi connectivity index (χ2n) is 9.78. The van der Waals surface area contributed by atoms with Crippen molar-refractivity contribution in [2.75, 3.05) is 10.6 Å². The highest BCUT2D eigenvalue weighted by atomic mass is 16.2. The molecule has 0 saturated heterocycles. The number of rotatable bonds is 4. The Bertz CT molecular complexity index is 680. The van der Waals surface area contributed by atoms with Crippen LogP contribution in [0.15, 0.2) is 24.3 Å². The van der Waals surface area contributed by atoms with Gasteiger partial charge in [0.2, 0.25) is 0 Å². The van der Waals surface area contributed by atoms with Crippen LogP contribution in [-0.2, 0) is 0 Å². The first-order chi connectivity index (χ1) is 14.3. The molecule has 2 aliphatic rings. The Morgan fingerprint density at radius 1 is 0.733 bits per heavy atom. The van der Waals surface area contributed by atoms with Crippen LogP contribution in [0.2, 0.25) is 0 Å². The number of benzene rings is 1. The number of carbonyl (C=O) groups is 2. The smallest absolute Gasteiger partial charge is 0.319 e. The number of anilines is 2. The maximum absolute atomic E-state index is 12.5. The first kappa shape index (κ1) is 22.4. The van der Waals surface area contributed by atoms with Crippen LogP contribution >= 0.6 is 0 Å². The van der Waals surface area contributed by atoms with E-state index in [-0.39, 0.29) is 24.1 Å². The predicted octanol–water partition coefficient (Wildman–Crippen LogP) is 5.58. The Kier molecular flexibility index (Phi) is 7.62. The van der Waals surface area contributed by atoms with Gasteiger partial charge in [-0.3, -0.25) is 0 Å². The van der Waals surface area contributed by atoms with E-state index in [0.717, 1.165) is 25.7 Å². The minimum Gasteiger partial charge on any atom is -0.335 e. The van der Waals surface area contributed by atoms with Crippen LogP contribution in [0.5, 0.6) is 0 Å². The Morgan fingerprint density at radius 2 is 1.17 bits per heavy atom. The molecule has 30 heavy (non-hydrogen) atoms. The minimum absolute atomic E-state index is 0.187. The maximum Gasteiger partial charge on any atom is 0.319 e. The molecule has 166 valence electrons. The Morgan fingerprint density at radius 3 is 1.60 bits per heavy atom. The molecule has 6 nitrogen and oxygen atoms in total. The number of nitrogens with one attached hydrogen (secondary N) is 4. The highest BCUT2D eigenvalue weighted by Crippen LogP contribution is 2.29. The maximum atomic E-state index is 12.5. The first-order valence-corrected chi connectivity index (χ1v) is 11.5. The molecule has 4 N–H and O–H groups in total. The molecule has 0 radical (unpaired) electrons. The summed E-state index contributed by atoms with van der Waals surface area (Å²) >= 11 is 0. The summed E-state index contributed by atoms with van der Waals surface area (Å²) in [7, 11) is 0. The molecule has 0 aromatic heterocycles. The van der Waals surface area contributed by atoms with Crippen LogP contribution in [-0.4, -0.2) is 24.1 Å². The van der Waals surface area contributed by atoms with Gasteiger partial charge in [0, 0.05) is 23.5 Å². The Balaban J connectivity index is 1.51. The van der Waals surface area contributed by atoms with Crippen molar-refractivity contribution in [3.63, 3.8) is 0 Å². The van der Waals surface area contributed by atoms with Gasteiger partial charge in [-0.15, -0.1) is 0 Å². The van der Waals surface area contributed by atoms with Crippen molar-refractivity contribution in [3.8, 4) is 0 Å². The molecule has 6 atom stereocenters. The van der Waals surface area contributed by atoms with E-state index in [9.17, 15) is 9.59 Å². The molecule has 0 heterocycles. The lowest BCUT2D eigenvalue weighted by atomic mass is 9.80. The average molecular weight is 415 g/mol. The van der Waals surface area contributed by atoms with Crippen LogP contribution in [0.3, 0.4) is 0 Å². The zero-order valence-corrected chi connectivity index (χ0v) is 18.8. The van der Waals surface area contributed by atoms with Gasteiger partial charge in [0.15, 0.2) is 0 Å². The largest absolute Gasteiger partial charge is 0.335 e. The fraction of sp³-hybridized carbons (Fsp3) is 0.667. The van der Waals surface area contributed by atoms with Crippen molar-refractivity contribution in [2.24, 2.45) is 23.7 Å². The molecular formula is C24H38N4O2. The van der Waals surface area contributed by atoms with Crippen LogP contribution < -0.4 is 21.3 Å². The molecule has 1 aromatic rings. The Hall–Kier alpha value is -2.24. The minimum atomic E-state index is -0.187. The normalized spacial score (nSPS) is 31.5. The molecule has 2 aliphatic carbocycles. The molecule has 2 fully saturated rings. The van der Waals surface area contributed by atoms with Crippen LogP contribution in [0.1, 0.15) is 66.2 Å².